The lowest BCUT2D eigenvalue weighted by Gasteiger charge is -2.23. The third-order valence-corrected chi connectivity index (χ3v) is 4.67. The summed E-state index contributed by atoms with van der Waals surface area (Å²) in [5.74, 6) is 0.0130. The van der Waals surface area contributed by atoms with Gasteiger partial charge in [0.1, 0.15) is 0 Å². The molecule has 1 aliphatic carbocycles. The minimum Gasteiger partial charge on any atom is -0.344 e. The molecule has 0 spiro atoms. The minimum atomic E-state index is -0.00951. The Hall–Kier alpha value is -2.13. The number of carbonyl (C=O) groups is 1. The van der Waals surface area contributed by atoms with Crippen LogP contribution in [0.2, 0.25) is 0 Å². The number of carbonyl (C=O) groups excluding carboxylic acids is 1. The van der Waals surface area contributed by atoms with Gasteiger partial charge in [-0.2, -0.15) is 0 Å². The maximum Gasteiger partial charge on any atom is 0.251 e. The smallest absolute Gasteiger partial charge is 0.251 e. The number of amides is 1. The number of hydrogen-bond acceptors (Lipinski definition) is 2. The molecule has 0 aromatic heterocycles. The molecule has 0 heterocycles. The Balaban J connectivity index is 1.78. The fourth-order valence-corrected chi connectivity index (χ4v) is 3.40. The van der Waals surface area contributed by atoms with E-state index in [2.05, 4.69) is 34.5 Å². The fraction of sp³-hybridized carbons (Fsp3) is 0.381. The van der Waals surface area contributed by atoms with Gasteiger partial charge in [-0.3, -0.25) is 4.79 Å². The molecule has 1 amide bonds. The van der Waals surface area contributed by atoms with E-state index >= 15 is 0 Å². The highest BCUT2D eigenvalue weighted by atomic mass is 16.1. The van der Waals surface area contributed by atoms with Gasteiger partial charge < -0.3 is 10.2 Å². The number of rotatable bonds is 5. The summed E-state index contributed by atoms with van der Waals surface area (Å²) in [5, 5.41) is 3.21. The van der Waals surface area contributed by atoms with Gasteiger partial charge in [0.25, 0.3) is 5.91 Å². The molecule has 126 valence electrons. The maximum atomic E-state index is 12.8. The fourth-order valence-electron chi connectivity index (χ4n) is 3.40. The van der Waals surface area contributed by atoms with Gasteiger partial charge in [-0.1, -0.05) is 36.4 Å². The Morgan fingerprint density at radius 3 is 2.46 bits per heavy atom. The van der Waals surface area contributed by atoms with Gasteiger partial charge in [0.15, 0.2) is 0 Å². The highest BCUT2D eigenvalue weighted by Gasteiger charge is 2.18. The quantitative estimate of drug-likeness (QED) is 0.912. The Kier molecular flexibility index (Phi) is 5.31. The molecule has 1 N–H and O–H groups in total. The van der Waals surface area contributed by atoms with Crippen molar-refractivity contribution in [2.24, 2.45) is 0 Å². The van der Waals surface area contributed by atoms with E-state index in [9.17, 15) is 4.79 Å². The molecular formula is C21H26N2O. The molecule has 0 saturated heterocycles. The van der Waals surface area contributed by atoms with Crippen LogP contribution < -0.4 is 5.32 Å². The van der Waals surface area contributed by atoms with Crippen molar-refractivity contribution in [1.29, 1.82) is 0 Å². The summed E-state index contributed by atoms with van der Waals surface area (Å²) in [6.07, 6.45) is 4.73. The summed E-state index contributed by atoms with van der Waals surface area (Å²) in [5.41, 5.74) is 4.66. The Morgan fingerprint density at radius 2 is 1.75 bits per heavy atom. The van der Waals surface area contributed by atoms with Gasteiger partial charge in [0.2, 0.25) is 0 Å². The molecule has 3 nitrogen and oxygen atoms in total. The van der Waals surface area contributed by atoms with Crippen molar-refractivity contribution in [3.8, 4) is 0 Å². The lowest BCUT2D eigenvalue weighted by molar-refractivity contribution is 0.0930. The predicted octanol–water partition coefficient (Wildman–Crippen LogP) is 3.60. The molecule has 3 heteroatoms. The van der Waals surface area contributed by atoms with E-state index < -0.39 is 0 Å². The summed E-state index contributed by atoms with van der Waals surface area (Å²) in [7, 11) is 4.06. The monoisotopic (exact) mass is 322 g/mol. The molecule has 0 bridgehead atoms. The first-order valence-electron chi connectivity index (χ1n) is 8.76. The van der Waals surface area contributed by atoms with Gasteiger partial charge in [-0.15, -0.1) is 0 Å². The molecule has 24 heavy (non-hydrogen) atoms. The standard InChI is InChI=1S/C21H26N2O/c1-23(2)15-20(17-9-4-3-5-10-17)22-21(24)19-13-12-16-8-6-7-11-18(16)14-19/h3-5,9-10,12-14,20H,6-8,11,15H2,1-2H3,(H,22,24). The van der Waals surface area contributed by atoms with Crippen LogP contribution in [-0.2, 0) is 12.8 Å². The lowest BCUT2D eigenvalue weighted by Crippen LogP contribution is -2.35. The van der Waals surface area contributed by atoms with Gasteiger partial charge >= 0.3 is 0 Å². The van der Waals surface area contributed by atoms with Crippen molar-refractivity contribution < 1.29 is 4.79 Å². The average Bonchev–Trinajstić information content (AvgIpc) is 2.61. The number of fused-ring (bicyclic) bond motifs is 1. The van der Waals surface area contributed by atoms with E-state index in [1.807, 2.05) is 38.4 Å². The molecule has 0 saturated carbocycles. The number of benzene rings is 2. The van der Waals surface area contributed by atoms with Crippen LogP contribution in [0.3, 0.4) is 0 Å². The van der Waals surface area contributed by atoms with Crippen LogP contribution in [0.5, 0.6) is 0 Å². The first kappa shape index (κ1) is 16.7. The van der Waals surface area contributed by atoms with Crippen LogP contribution in [0, 0.1) is 0 Å². The number of hydrogen-bond donors (Lipinski definition) is 1. The largest absolute Gasteiger partial charge is 0.344 e. The SMILES string of the molecule is CN(C)CC(NC(=O)c1ccc2c(c1)CCCC2)c1ccccc1. The predicted molar refractivity (Wildman–Crippen MR) is 98.3 cm³/mol. The van der Waals surface area contributed by atoms with Gasteiger partial charge in [-0.25, -0.2) is 0 Å². The lowest BCUT2D eigenvalue weighted by atomic mass is 9.90. The van der Waals surface area contributed by atoms with Gasteiger partial charge in [0, 0.05) is 12.1 Å². The highest BCUT2D eigenvalue weighted by molar-refractivity contribution is 5.94. The zero-order valence-electron chi connectivity index (χ0n) is 14.6. The van der Waals surface area contributed by atoms with Crippen molar-refractivity contribution in [3.63, 3.8) is 0 Å². The van der Waals surface area contributed by atoms with Crippen LogP contribution in [0.4, 0.5) is 0 Å². The third-order valence-electron chi connectivity index (χ3n) is 4.67. The Morgan fingerprint density at radius 1 is 1.04 bits per heavy atom. The van der Waals surface area contributed by atoms with Crippen molar-refractivity contribution in [1.82, 2.24) is 10.2 Å². The molecular weight excluding hydrogens is 296 g/mol. The number of likely N-dealkylation sites (N-methyl/N-ethyl adjacent to an activating group) is 1. The topological polar surface area (TPSA) is 32.3 Å². The second kappa shape index (κ2) is 7.63. The molecule has 1 aliphatic rings. The first-order valence-corrected chi connectivity index (χ1v) is 8.76. The first-order chi connectivity index (χ1) is 11.6. The maximum absolute atomic E-state index is 12.8. The normalized spacial score (nSPS) is 15.0. The summed E-state index contributed by atoms with van der Waals surface area (Å²) in [6.45, 7) is 0.778. The van der Waals surface area contributed by atoms with E-state index in [-0.39, 0.29) is 11.9 Å². The summed E-state index contributed by atoms with van der Waals surface area (Å²) >= 11 is 0. The van der Waals surface area contributed by atoms with Gasteiger partial charge in [0.05, 0.1) is 6.04 Å². The van der Waals surface area contributed by atoms with Gasteiger partial charge in [-0.05, 0) is 68.6 Å². The minimum absolute atomic E-state index is 0.00951. The second-order valence-corrected chi connectivity index (χ2v) is 6.89. The number of nitrogens with zero attached hydrogens (tertiary/aromatic N) is 1. The van der Waals surface area contributed by atoms with E-state index in [0.717, 1.165) is 30.5 Å². The summed E-state index contributed by atoms with van der Waals surface area (Å²) < 4.78 is 0. The number of aryl methyl sites for hydroxylation is 2. The van der Waals surface area contributed by atoms with Crippen molar-refractivity contribution in [2.45, 2.75) is 31.7 Å². The van der Waals surface area contributed by atoms with Crippen molar-refractivity contribution in [3.05, 3.63) is 70.8 Å². The van der Waals surface area contributed by atoms with Crippen LogP contribution in [0.1, 0.15) is 45.9 Å². The molecule has 3 rings (SSSR count). The van der Waals surface area contributed by atoms with Crippen LogP contribution in [0.15, 0.2) is 48.5 Å². The number of nitrogens with one attached hydrogen (secondary N) is 1. The van der Waals surface area contributed by atoms with Crippen LogP contribution in [0.25, 0.3) is 0 Å². The molecule has 0 aliphatic heterocycles. The molecule has 0 radical (unpaired) electrons. The third kappa shape index (κ3) is 4.04. The summed E-state index contributed by atoms with van der Waals surface area (Å²) in [6, 6.07) is 16.4. The van der Waals surface area contributed by atoms with E-state index in [1.54, 1.807) is 0 Å². The molecule has 2 aromatic carbocycles. The Labute approximate surface area is 144 Å². The molecule has 2 aromatic rings. The molecule has 1 unspecified atom stereocenters. The van der Waals surface area contributed by atoms with Crippen LogP contribution in [-0.4, -0.2) is 31.4 Å². The highest BCUT2D eigenvalue weighted by Crippen LogP contribution is 2.23. The zero-order chi connectivity index (χ0) is 16.9. The average molecular weight is 322 g/mol. The van der Waals surface area contributed by atoms with Crippen molar-refractivity contribution in [2.75, 3.05) is 20.6 Å². The Bertz CT molecular complexity index is 694. The van der Waals surface area contributed by atoms with E-state index in [0.29, 0.717) is 0 Å². The van der Waals surface area contributed by atoms with Crippen molar-refractivity contribution >= 4 is 5.91 Å². The van der Waals surface area contributed by atoms with Crippen LogP contribution >= 0.6 is 0 Å². The van der Waals surface area contributed by atoms with E-state index in [1.165, 1.54) is 24.0 Å². The zero-order valence-corrected chi connectivity index (χ0v) is 14.6. The molecule has 1 atom stereocenters. The molecule has 0 fully saturated rings. The summed E-state index contributed by atoms with van der Waals surface area (Å²) in [4.78, 5) is 14.9. The second-order valence-electron chi connectivity index (χ2n) is 6.89. The van der Waals surface area contributed by atoms with E-state index in [4.69, 9.17) is 0 Å².